The molecule has 5 nitrogen and oxygen atoms in total. The van der Waals surface area contributed by atoms with Gasteiger partial charge in [-0.25, -0.2) is 10.2 Å². The van der Waals surface area contributed by atoms with Crippen molar-refractivity contribution in [1.82, 2.24) is 5.43 Å². The Bertz CT molecular complexity index is 606. The van der Waals surface area contributed by atoms with E-state index in [4.69, 9.17) is 5.11 Å². The number of carboxylic acids is 1. The van der Waals surface area contributed by atoms with Gasteiger partial charge in [-0.3, -0.25) is 4.79 Å². The van der Waals surface area contributed by atoms with E-state index in [0.29, 0.717) is 10.4 Å². The van der Waals surface area contributed by atoms with E-state index < -0.39 is 11.9 Å². The molecule has 2 N–H and O–H groups in total. The Morgan fingerprint density at radius 1 is 1.11 bits per heavy atom. The lowest BCUT2D eigenvalue weighted by molar-refractivity contribution is -0.129. The van der Waals surface area contributed by atoms with Crippen LogP contribution >= 0.6 is 11.3 Å². The molecule has 2 aromatic rings. The monoisotopic (exact) mass is 274 g/mol. The molecular formula is C13H10N2O3S. The average Bonchev–Trinajstić information content (AvgIpc) is 2.93. The van der Waals surface area contributed by atoms with E-state index >= 15 is 0 Å². The molecule has 6 heteroatoms. The summed E-state index contributed by atoms with van der Waals surface area (Å²) in [5.41, 5.74) is 2.47. The van der Waals surface area contributed by atoms with Crippen LogP contribution in [0.15, 0.2) is 52.9 Å². The summed E-state index contributed by atoms with van der Waals surface area (Å²) in [5, 5.41) is 14.5. The van der Waals surface area contributed by atoms with Crippen molar-refractivity contribution in [1.29, 1.82) is 0 Å². The van der Waals surface area contributed by atoms with Crippen molar-refractivity contribution in [3.63, 3.8) is 0 Å². The van der Waals surface area contributed by atoms with Crippen LogP contribution in [0, 0.1) is 0 Å². The van der Waals surface area contributed by atoms with E-state index in [0.717, 1.165) is 0 Å². The molecule has 0 unspecified atom stereocenters. The lowest BCUT2D eigenvalue weighted by atomic mass is 10.1. The Balaban J connectivity index is 2.19. The van der Waals surface area contributed by atoms with Crippen molar-refractivity contribution in [3.8, 4) is 0 Å². The first kappa shape index (κ1) is 13.0. The largest absolute Gasteiger partial charge is 0.476 e. The van der Waals surface area contributed by atoms with Crippen molar-refractivity contribution in [2.75, 3.05) is 0 Å². The number of hydrogen-bond acceptors (Lipinski definition) is 4. The van der Waals surface area contributed by atoms with Crippen molar-refractivity contribution in [2.24, 2.45) is 5.10 Å². The van der Waals surface area contributed by atoms with E-state index in [2.05, 4.69) is 10.5 Å². The summed E-state index contributed by atoms with van der Waals surface area (Å²) in [6.45, 7) is 0. The molecule has 0 atom stereocenters. The van der Waals surface area contributed by atoms with Gasteiger partial charge >= 0.3 is 5.97 Å². The Kier molecular flexibility index (Phi) is 4.04. The Labute approximate surface area is 113 Å². The topological polar surface area (TPSA) is 78.8 Å². The molecule has 1 amide bonds. The third-order valence-corrected chi connectivity index (χ3v) is 3.13. The SMILES string of the molecule is O=C(O)/C(=N\NC(=O)c1cccs1)c1ccccc1. The standard InChI is InChI=1S/C13H10N2O3S/c16-12(10-7-4-8-19-10)15-14-11(13(17)18)9-5-2-1-3-6-9/h1-8H,(H,15,16)(H,17,18)/b14-11-. The number of carbonyl (C=O) groups excluding carboxylic acids is 1. The number of hydrazone groups is 1. The Morgan fingerprint density at radius 3 is 2.42 bits per heavy atom. The fourth-order valence-corrected chi connectivity index (χ4v) is 2.01. The molecule has 0 spiro atoms. The van der Waals surface area contributed by atoms with Crippen molar-refractivity contribution in [3.05, 3.63) is 58.3 Å². The molecule has 0 aliphatic rings. The number of carboxylic acid groups (broad SMARTS) is 1. The summed E-state index contributed by atoms with van der Waals surface area (Å²) in [6, 6.07) is 11.8. The number of hydrogen-bond donors (Lipinski definition) is 2. The normalized spacial score (nSPS) is 11.1. The minimum Gasteiger partial charge on any atom is -0.476 e. The molecule has 0 aliphatic carbocycles. The zero-order valence-electron chi connectivity index (χ0n) is 9.74. The number of rotatable bonds is 4. The first-order valence-electron chi connectivity index (χ1n) is 5.38. The van der Waals surface area contributed by atoms with Gasteiger partial charge in [0, 0.05) is 5.56 Å². The average molecular weight is 274 g/mol. The Morgan fingerprint density at radius 2 is 1.84 bits per heavy atom. The number of thiophene rings is 1. The molecule has 1 aromatic heterocycles. The van der Waals surface area contributed by atoms with E-state index in [1.165, 1.54) is 11.3 Å². The first-order valence-corrected chi connectivity index (χ1v) is 6.26. The highest BCUT2D eigenvalue weighted by Crippen LogP contribution is 2.08. The zero-order valence-corrected chi connectivity index (χ0v) is 10.6. The fourth-order valence-electron chi connectivity index (χ4n) is 1.40. The number of aliphatic carboxylic acids is 1. The Hall–Kier alpha value is -2.47. The maximum Gasteiger partial charge on any atom is 0.356 e. The van der Waals surface area contributed by atoms with E-state index in [1.807, 2.05) is 0 Å². The van der Waals surface area contributed by atoms with Crippen LogP contribution in [0.5, 0.6) is 0 Å². The van der Waals surface area contributed by atoms with Crippen LogP contribution in [-0.2, 0) is 4.79 Å². The summed E-state index contributed by atoms with van der Waals surface area (Å²) >= 11 is 1.26. The molecular weight excluding hydrogens is 264 g/mol. The number of nitrogens with zero attached hydrogens (tertiary/aromatic N) is 1. The van der Waals surface area contributed by atoms with Crippen molar-refractivity contribution >= 4 is 28.9 Å². The highest BCUT2D eigenvalue weighted by Gasteiger charge is 2.13. The molecule has 96 valence electrons. The molecule has 0 radical (unpaired) electrons. The number of amides is 1. The minimum atomic E-state index is -1.20. The summed E-state index contributed by atoms with van der Waals surface area (Å²) in [6.07, 6.45) is 0. The summed E-state index contributed by atoms with van der Waals surface area (Å²) < 4.78 is 0. The van der Waals surface area contributed by atoms with Crippen LogP contribution in [-0.4, -0.2) is 22.7 Å². The molecule has 19 heavy (non-hydrogen) atoms. The highest BCUT2D eigenvalue weighted by molar-refractivity contribution is 7.12. The van der Waals surface area contributed by atoms with Crippen LogP contribution < -0.4 is 5.43 Å². The third-order valence-electron chi connectivity index (χ3n) is 2.26. The highest BCUT2D eigenvalue weighted by atomic mass is 32.1. The van der Waals surface area contributed by atoms with Gasteiger partial charge < -0.3 is 5.11 Å². The molecule has 1 heterocycles. The van der Waals surface area contributed by atoms with Gasteiger partial charge in [0.1, 0.15) is 0 Å². The molecule has 0 bridgehead atoms. The van der Waals surface area contributed by atoms with Crippen molar-refractivity contribution < 1.29 is 14.7 Å². The van der Waals surface area contributed by atoms with Crippen molar-refractivity contribution in [2.45, 2.75) is 0 Å². The predicted molar refractivity (Wildman–Crippen MR) is 72.4 cm³/mol. The van der Waals surface area contributed by atoms with Gasteiger partial charge in [-0.1, -0.05) is 36.4 Å². The molecule has 1 aromatic carbocycles. The van der Waals surface area contributed by atoms with E-state index in [9.17, 15) is 9.59 Å². The smallest absolute Gasteiger partial charge is 0.356 e. The number of nitrogens with one attached hydrogen (secondary N) is 1. The predicted octanol–water partition coefficient (Wildman–Crippen LogP) is 1.97. The van der Waals surface area contributed by atoms with Crippen LogP contribution in [0.4, 0.5) is 0 Å². The molecule has 0 aliphatic heterocycles. The van der Waals surface area contributed by atoms with Crippen LogP contribution in [0.2, 0.25) is 0 Å². The van der Waals surface area contributed by atoms with Crippen LogP contribution in [0.3, 0.4) is 0 Å². The fraction of sp³-hybridized carbons (Fsp3) is 0. The second-order valence-corrected chi connectivity index (χ2v) is 4.50. The van der Waals surface area contributed by atoms with Gasteiger partial charge in [-0.2, -0.15) is 5.10 Å². The van der Waals surface area contributed by atoms with Gasteiger partial charge in [0.05, 0.1) is 4.88 Å². The minimum absolute atomic E-state index is 0.203. The van der Waals surface area contributed by atoms with E-state index in [1.54, 1.807) is 47.8 Å². The van der Waals surface area contributed by atoms with Gasteiger partial charge in [-0.15, -0.1) is 11.3 Å². The van der Waals surface area contributed by atoms with Gasteiger partial charge in [0.15, 0.2) is 5.71 Å². The number of benzene rings is 1. The zero-order chi connectivity index (χ0) is 13.7. The maximum absolute atomic E-state index is 11.7. The number of carbonyl (C=O) groups is 2. The lowest BCUT2D eigenvalue weighted by Gasteiger charge is -2.02. The summed E-state index contributed by atoms with van der Waals surface area (Å²) in [4.78, 5) is 23.3. The lowest BCUT2D eigenvalue weighted by Crippen LogP contribution is -2.23. The molecule has 0 saturated heterocycles. The second-order valence-electron chi connectivity index (χ2n) is 3.55. The first-order chi connectivity index (χ1) is 9.18. The molecule has 0 fully saturated rings. The van der Waals surface area contributed by atoms with E-state index in [-0.39, 0.29) is 5.71 Å². The molecule has 0 saturated carbocycles. The second kappa shape index (κ2) is 5.92. The third kappa shape index (κ3) is 3.26. The van der Waals surface area contributed by atoms with Gasteiger partial charge in [-0.05, 0) is 11.4 Å². The molecule has 2 rings (SSSR count). The van der Waals surface area contributed by atoms with Crippen LogP contribution in [0.1, 0.15) is 15.2 Å². The van der Waals surface area contributed by atoms with Gasteiger partial charge in [0.25, 0.3) is 5.91 Å². The summed E-state index contributed by atoms with van der Waals surface area (Å²) in [5.74, 6) is -1.62. The summed E-state index contributed by atoms with van der Waals surface area (Å²) in [7, 11) is 0. The van der Waals surface area contributed by atoms with Crippen LogP contribution in [0.25, 0.3) is 0 Å². The quantitative estimate of drug-likeness (QED) is 0.661. The van der Waals surface area contributed by atoms with Gasteiger partial charge in [0.2, 0.25) is 0 Å². The maximum atomic E-state index is 11.7.